The SMILES string of the molecule is CCNC(C)c1cnc(-c2cc(Br)c(Br)o2)s1. The Bertz CT molecular complexity index is 490. The van der Waals surface area contributed by atoms with Crippen LogP contribution in [0.4, 0.5) is 0 Å². The lowest BCUT2D eigenvalue weighted by Gasteiger charge is -2.07. The molecule has 0 radical (unpaired) electrons. The van der Waals surface area contributed by atoms with E-state index in [1.165, 1.54) is 4.88 Å². The summed E-state index contributed by atoms with van der Waals surface area (Å²) in [7, 11) is 0. The molecule has 0 aliphatic heterocycles. The molecule has 1 atom stereocenters. The number of nitrogens with one attached hydrogen (secondary N) is 1. The third-order valence-electron chi connectivity index (χ3n) is 2.32. The van der Waals surface area contributed by atoms with Crippen LogP contribution in [0.1, 0.15) is 24.8 Å². The van der Waals surface area contributed by atoms with E-state index in [-0.39, 0.29) is 0 Å². The van der Waals surface area contributed by atoms with Gasteiger partial charge in [-0.1, -0.05) is 6.92 Å². The van der Waals surface area contributed by atoms with Crippen LogP contribution in [0.5, 0.6) is 0 Å². The third-order valence-corrected chi connectivity index (χ3v) is 5.22. The molecule has 1 N–H and O–H groups in total. The molecule has 0 bridgehead atoms. The van der Waals surface area contributed by atoms with Crippen molar-refractivity contribution in [3.05, 3.63) is 26.3 Å². The molecule has 0 fully saturated rings. The van der Waals surface area contributed by atoms with E-state index >= 15 is 0 Å². The van der Waals surface area contributed by atoms with Crippen LogP contribution in [-0.2, 0) is 0 Å². The fourth-order valence-corrected chi connectivity index (χ4v) is 2.93. The van der Waals surface area contributed by atoms with E-state index in [1.807, 2.05) is 12.3 Å². The van der Waals surface area contributed by atoms with Crippen molar-refractivity contribution < 1.29 is 4.42 Å². The molecule has 0 aromatic carbocycles. The van der Waals surface area contributed by atoms with Crippen LogP contribution in [0.3, 0.4) is 0 Å². The van der Waals surface area contributed by atoms with Crippen LogP contribution < -0.4 is 5.32 Å². The second-order valence-electron chi connectivity index (χ2n) is 3.58. The molecule has 0 aliphatic rings. The van der Waals surface area contributed by atoms with Crippen molar-refractivity contribution in [1.82, 2.24) is 10.3 Å². The Balaban J connectivity index is 2.23. The first-order valence-corrected chi connectivity index (χ1v) is 7.66. The van der Waals surface area contributed by atoms with Crippen molar-refractivity contribution in [2.24, 2.45) is 0 Å². The third kappa shape index (κ3) is 2.99. The minimum atomic E-state index is 0.327. The summed E-state index contributed by atoms with van der Waals surface area (Å²) in [6, 6.07) is 2.25. The lowest BCUT2D eigenvalue weighted by atomic mass is 10.3. The fourth-order valence-electron chi connectivity index (χ4n) is 1.46. The summed E-state index contributed by atoms with van der Waals surface area (Å²) in [5.74, 6) is 0.781. The van der Waals surface area contributed by atoms with Crippen LogP contribution in [0.15, 0.2) is 25.8 Å². The summed E-state index contributed by atoms with van der Waals surface area (Å²) < 4.78 is 7.16. The minimum Gasteiger partial charge on any atom is -0.446 e. The van der Waals surface area contributed by atoms with Crippen LogP contribution in [0, 0.1) is 0 Å². The van der Waals surface area contributed by atoms with Crippen LogP contribution >= 0.6 is 43.2 Å². The molecule has 1 unspecified atom stereocenters. The highest BCUT2D eigenvalue weighted by Crippen LogP contribution is 2.35. The monoisotopic (exact) mass is 378 g/mol. The number of halogens is 2. The van der Waals surface area contributed by atoms with Crippen molar-refractivity contribution in [3.63, 3.8) is 0 Å². The van der Waals surface area contributed by atoms with Gasteiger partial charge in [0.25, 0.3) is 0 Å². The number of furan rings is 1. The first kappa shape index (κ1) is 13.3. The van der Waals surface area contributed by atoms with E-state index in [2.05, 4.69) is 56.0 Å². The van der Waals surface area contributed by atoms with Gasteiger partial charge in [-0.05, 0) is 45.3 Å². The van der Waals surface area contributed by atoms with Crippen LogP contribution in [0.2, 0.25) is 0 Å². The average Bonchev–Trinajstić information content (AvgIpc) is 2.87. The first-order chi connectivity index (χ1) is 8.11. The van der Waals surface area contributed by atoms with Gasteiger partial charge in [0, 0.05) is 23.2 Å². The summed E-state index contributed by atoms with van der Waals surface area (Å²) in [6.45, 7) is 5.18. The molecule has 6 heteroatoms. The molecular weight excluding hydrogens is 368 g/mol. The molecule has 0 saturated heterocycles. The quantitative estimate of drug-likeness (QED) is 0.843. The van der Waals surface area contributed by atoms with E-state index in [1.54, 1.807) is 11.3 Å². The Morgan fingerprint density at radius 3 is 2.88 bits per heavy atom. The first-order valence-electron chi connectivity index (χ1n) is 5.26. The highest BCUT2D eigenvalue weighted by atomic mass is 79.9. The summed E-state index contributed by atoms with van der Waals surface area (Å²) in [4.78, 5) is 5.60. The Morgan fingerprint density at radius 1 is 1.53 bits per heavy atom. The normalized spacial score (nSPS) is 12.9. The van der Waals surface area contributed by atoms with Gasteiger partial charge in [-0.3, -0.25) is 0 Å². The molecule has 3 nitrogen and oxygen atoms in total. The Hall–Kier alpha value is -0.170. The van der Waals surface area contributed by atoms with E-state index < -0.39 is 0 Å². The van der Waals surface area contributed by atoms with Gasteiger partial charge in [-0.2, -0.15) is 0 Å². The molecule has 17 heavy (non-hydrogen) atoms. The lowest BCUT2D eigenvalue weighted by molar-refractivity contribution is 0.553. The van der Waals surface area contributed by atoms with E-state index in [4.69, 9.17) is 4.42 Å². The molecule has 2 heterocycles. The zero-order valence-electron chi connectivity index (χ0n) is 9.46. The highest BCUT2D eigenvalue weighted by Gasteiger charge is 2.14. The van der Waals surface area contributed by atoms with Crippen LogP contribution in [0.25, 0.3) is 10.8 Å². The standard InChI is InChI=1S/C11H12Br2N2OS/c1-3-14-6(2)9-5-15-11(17-9)8-4-7(12)10(13)16-8/h4-6,14H,3H2,1-2H3. The minimum absolute atomic E-state index is 0.327. The Morgan fingerprint density at radius 2 is 2.29 bits per heavy atom. The number of aromatic nitrogens is 1. The van der Waals surface area contributed by atoms with E-state index in [0.717, 1.165) is 21.8 Å². The number of rotatable bonds is 4. The largest absolute Gasteiger partial charge is 0.446 e. The predicted molar refractivity (Wildman–Crippen MR) is 77.3 cm³/mol. The van der Waals surface area contributed by atoms with Gasteiger partial charge in [0.1, 0.15) is 0 Å². The number of nitrogens with zero attached hydrogens (tertiary/aromatic N) is 1. The van der Waals surface area contributed by atoms with Crippen molar-refractivity contribution in [1.29, 1.82) is 0 Å². The smallest absolute Gasteiger partial charge is 0.184 e. The van der Waals surface area contributed by atoms with Crippen molar-refractivity contribution >= 4 is 43.2 Å². The van der Waals surface area contributed by atoms with Gasteiger partial charge in [0.15, 0.2) is 15.4 Å². The van der Waals surface area contributed by atoms with Gasteiger partial charge in [0.05, 0.1) is 4.47 Å². The zero-order valence-corrected chi connectivity index (χ0v) is 13.4. The second-order valence-corrected chi connectivity index (χ2v) is 6.22. The zero-order chi connectivity index (χ0) is 12.4. The predicted octanol–water partition coefficient (Wildman–Crippen LogP) is 4.60. The number of thiazole rings is 1. The second kappa shape index (κ2) is 5.65. The molecule has 0 spiro atoms. The molecule has 0 amide bonds. The molecule has 2 aromatic heterocycles. The van der Waals surface area contributed by atoms with E-state index in [9.17, 15) is 0 Å². The summed E-state index contributed by atoms with van der Waals surface area (Å²) in [6.07, 6.45) is 1.90. The molecule has 92 valence electrons. The Labute approximate surface area is 121 Å². The maximum Gasteiger partial charge on any atom is 0.184 e. The molecule has 0 saturated carbocycles. The van der Waals surface area contributed by atoms with Gasteiger partial charge in [-0.15, -0.1) is 11.3 Å². The Kier molecular flexibility index (Phi) is 4.41. The fraction of sp³-hybridized carbons (Fsp3) is 0.364. The molecule has 2 rings (SSSR count). The summed E-state index contributed by atoms with van der Waals surface area (Å²) in [5, 5.41) is 4.26. The van der Waals surface area contributed by atoms with Gasteiger partial charge < -0.3 is 9.73 Å². The van der Waals surface area contributed by atoms with Crippen molar-refractivity contribution in [2.75, 3.05) is 6.54 Å². The summed E-state index contributed by atoms with van der Waals surface area (Å²) in [5.41, 5.74) is 0. The van der Waals surface area contributed by atoms with Crippen molar-refractivity contribution in [2.45, 2.75) is 19.9 Å². The summed E-state index contributed by atoms with van der Waals surface area (Å²) >= 11 is 8.37. The molecular formula is C11H12Br2N2OS. The van der Waals surface area contributed by atoms with Gasteiger partial charge in [-0.25, -0.2) is 4.98 Å². The van der Waals surface area contributed by atoms with Gasteiger partial charge in [0.2, 0.25) is 0 Å². The molecule has 2 aromatic rings. The lowest BCUT2D eigenvalue weighted by Crippen LogP contribution is -2.16. The maximum absolute atomic E-state index is 5.55. The maximum atomic E-state index is 5.55. The van der Waals surface area contributed by atoms with Gasteiger partial charge >= 0.3 is 0 Å². The van der Waals surface area contributed by atoms with Crippen molar-refractivity contribution in [3.8, 4) is 10.8 Å². The highest BCUT2D eigenvalue weighted by molar-refractivity contribution is 9.13. The number of hydrogen-bond donors (Lipinski definition) is 1. The average molecular weight is 380 g/mol. The molecule has 0 aliphatic carbocycles. The van der Waals surface area contributed by atoms with Crippen LogP contribution in [-0.4, -0.2) is 11.5 Å². The van der Waals surface area contributed by atoms with E-state index in [0.29, 0.717) is 10.7 Å². The number of hydrogen-bond acceptors (Lipinski definition) is 4. The topological polar surface area (TPSA) is 38.1 Å².